The van der Waals surface area contributed by atoms with Crippen molar-refractivity contribution in [3.63, 3.8) is 0 Å². The lowest BCUT2D eigenvalue weighted by atomic mass is 9.53. The zero-order valence-electron chi connectivity index (χ0n) is 20.6. The van der Waals surface area contributed by atoms with E-state index >= 15 is 0 Å². The Labute approximate surface area is 207 Å². The van der Waals surface area contributed by atoms with Gasteiger partial charge in [0.25, 0.3) is 0 Å². The van der Waals surface area contributed by atoms with Crippen LogP contribution in [-0.2, 0) is 14.3 Å². The number of H-pyrrole nitrogens is 1. The Morgan fingerprint density at radius 2 is 1.89 bits per heavy atom. The molecule has 2 aliphatic heterocycles. The van der Waals surface area contributed by atoms with E-state index in [-0.39, 0.29) is 18.5 Å². The number of aliphatic hydroxyl groups excluding tert-OH is 1. The number of rotatable bonds is 4. The highest BCUT2D eigenvalue weighted by molar-refractivity contribution is 5.88. The molecule has 3 heterocycles. The number of carbonyl (C=O) groups is 2. The van der Waals surface area contributed by atoms with Gasteiger partial charge in [-0.3, -0.25) is 4.79 Å². The van der Waals surface area contributed by atoms with E-state index in [9.17, 15) is 40.2 Å². The standard InChI is InChI=1S/C25H33NO10/c1-11(2)23(33)16(35-17(28)13-6-5-9-26-13)14-20(18(29)30)10-22(32)19(23,4)24(14,34)25(36-22)15(27)12(3)7-8-21(20,25)31/h5-6,9,11-12,14-16,26-27,31-34H,7-8,10H2,1-4H3,(H,29,30)/t12-,14-,15+,16-,19-,20+,21-,22-,23+,24-,25+/m0/s1. The molecule has 4 saturated carbocycles. The second-order valence-corrected chi connectivity index (χ2v) is 12.2. The molecular weight excluding hydrogens is 474 g/mol. The zero-order chi connectivity index (χ0) is 26.5. The van der Waals surface area contributed by atoms with Crippen LogP contribution in [0.1, 0.15) is 57.4 Å². The SMILES string of the molecule is CC(C)[C@@]1(O)[C@@H](OC(=O)c2ccc[nH]2)[C@@H]2[C@@]3(O)[C@]45O[C@@](O)(C[C@@]2(C(=O)O)[C@@]4(O)CC[C@H](C)[C@H]5O)[C@]31C. The first-order valence-corrected chi connectivity index (χ1v) is 12.4. The Bertz CT molecular complexity index is 1170. The van der Waals surface area contributed by atoms with Crippen LogP contribution in [0.2, 0.25) is 0 Å². The van der Waals surface area contributed by atoms with Gasteiger partial charge in [0.05, 0.1) is 17.4 Å². The van der Waals surface area contributed by atoms with Gasteiger partial charge in [-0.15, -0.1) is 0 Å². The summed E-state index contributed by atoms with van der Waals surface area (Å²) in [6.45, 7) is 6.28. The number of hydrogen-bond acceptors (Lipinski definition) is 9. The number of carboxylic acids is 1. The van der Waals surface area contributed by atoms with Crippen molar-refractivity contribution in [2.24, 2.45) is 28.6 Å². The normalized spacial score (nSPS) is 56.3. The van der Waals surface area contributed by atoms with Crippen LogP contribution in [0.5, 0.6) is 0 Å². The molecule has 11 nitrogen and oxygen atoms in total. The third kappa shape index (κ3) is 1.85. The van der Waals surface area contributed by atoms with Crippen LogP contribution < -0.4 is 0 Å². The molecule has 0 unspecified atom stereocenters. The highest BCUT2D eigenvalue weighted by Gasteiger charge is 3.07. The summed E-state index contributed by atoms with van der Waals surface area (Å²) < 4.78 is 12.0. The van der Waals surface area contributed by atoms with E-state index in [0.717, 1.165) is 0 Å². The Balaban J connectivity index is 1.69. The summed E-state index contributed by atoms with van der Waals surface area (Å²) >= 11 is 0. The maximum Gasteiger partial charge on any atom is 0.355 e. The molecule has 6 fully saturated rings. The van der Waals surface area contributed by atoms with Crippen LogP contribution in [0, 0.1) is 28.6 Å². The monoisotopic (exact) mass is 507 g/mol. The Morgan fingerprint density at radius 3 is 2.44 bits per heavy atom. The predicted octanol–water partition coefficient (Wildman–Crippen LogP) is -0.238. The average molecular weight is 508 g/mol. The van der Waals surface area contributed by atoms with Crippen LogP contribution in [0.4, 0.5) is 0 Å². The van der Waals surface area contributed by atoms with Crippen LogP contribution in [0.3, 0.4) is 0 Å². The number of ether oxygens (including phenoxy) is 2. The minimum absolute atomic E-state index is 0.0412. The maximum atomic E-state index is 13.2. The second-order valence-electron chi connectivity index (χ2n) is 12.2. The fourth-order valence-corrected chi connectivity index (χ4v) is 9.50. The molecule has 7 N–H and O–H groups in total. The van der Waals surface area contributed by atoms with E-state index in [2.05, 4.69) is 4.98 Å². The first kappa shape index (κ1) is 24.3. The number of hydrogen-bond donors (Lipinski definition) is 7. The molecule has 1 aromatic heterocycles. The molecule has 11 heteroatoms. The van der Waals surface area contributed by atoms with Crippen molar-refractivity contribution < 1.29 is 49.7 Å². The van der Waals surface area contributed by atoms with Gasteiger partial charge in [0.2, 0.25) is 0 Å². The van der Waals surface area contributed by atoms with Gasteiger partial charge < -0.3 is 45.1 Å². The molecule has 1 aromatic rings. The van der Waals surface area contributed by atoms with Crippen molar-refractivity contribution >= 4 is 11.9 Å². The van der Waals surface area contributed by atoms with Gasteiger partial charge in [-0.25, -0.2) is 4.79 Å². The van der Waals surface area contributed by atoms with Crippen molar-refractivity contribution in [2.75, 3.05) is 0 Å². The number of nitrogens with one attached hydrogen (secondary N) is 1. The first-order chi connectivity index (χ1) is 16.6. The molecule has 36 heavy (non-hydrogen) atoms. The Morgan fingerprint density at radius 1 is 1.22 bits per heavy atom. The van der Waals surface area contributed by atoms with E-state index < -0.39 is 87.3 Å². The molecule has 4 aliphatic carbocycles. The van der Waals surface area contributed by atoms with Gasteiger partial charge in [0.15, 0.2) is 11.4 Å². The Kier molecular flexibility index (Phi) is 4.28. The van der Waals surface area contributed by atoms with Gasteiger partial charge in [-0.1, -0.05) is 20.8 Å². The van der Waals surface area contributed by atoms with Gasteiger partial charge in [-0.05, 0) is 43.7 Å². The minimum Gasteiger partial charge on any atom is -0.481 e. The number of aliphatic hydroxyl groups is 5. The van der Waals surface area contributed by atoms with Gasteiger partial charge >= 0.3 is 11.9 Å². The highest BCUT2D eigenvalue weighted by atomic mass is 16.7. The molecule has 6 aliphatic rings. The Hall–Kier alpha value is -2.02. The lowest BCUT2D eigenvalue weighted by Crippen LogP contribution is -2.76. The van der Waals surface area contributed by atoms with Crippen molar-refractivity contribution in [3.05, 3.63) is 24.0 Å². The number of aliphatic carboxylic acids is 1. The van der Waals surface area contributed by atoms with Crippen LogP contribution in [0.25, 0.3) is 0 Å². The largest absolute Gasteiger partial charge is 0.481 e. The maximum absolute atomic E-state index is 13.2. The fourth-order valence-electron chi connectivity index (χ4n) is 9.50. The summed E-state index contributed by atoms with van der Waals surface area (Å²) in [5.74, 6) is -7.81. The van der Waals surface area contributed by atoms with Gasteiger partial charge in [-0.2, -0.15) is 0 Å². The van der Waals surface area contributed by atoms with Crippen molar-refractivity contribution in [3.8, 4) is 0 Å². The molecule has 1 spiro atoms. The molecule has 6 bridgehead atoms. The molecule has 198 valence electrons. The topological polar surface area (TPSA) is 190 Å². The molecule has 11 atom stereocenters. The lowest BCUT2D eigenvalue weighted by molar-refractivity contribution is -0.383. The first-order valence-electron chi connectivity index (χ1n) is 12.4. The van der Waals surface area contributed by atoms with E-state index in [4.69, 9.17) is 9.47 Å². The third-order valence-corrected chi connectivity index (χ3v) is 11.1. The van der Waals surface area contributed by atoms with Gasteiger partial charge in [0.1, 0.15) is 34.0 Å². The highest BCUT2D eigenvalue weighted by Crippen LogP contribution is 2.89. The van der Waals surface area contributed by atoms with E-state index in [1.165, 1.54) is 19.2 Å². The number of carbonyl (C=O) groups excluding carboxylic acids is 1. The average Bonchev–Trinajstić information content (AvgIpc) is 3.43. The summed E-state index contributed by atoms with van der Waals surface area (Å²) in [5, 5.41) is 71.8. The van der Waals surface area contributed by atoms with E-state index in [1.807, 2.05) is 0 Å². The van der Waals surface area contributed by atoms with Crippen molar-refractivity contribution in [2.45, 2.75) is 87.4 Å². The number of aromatic nitrogens is 1. The van der Waals surface area contributed by atoms with Crippen LogP contribution in [-0.4, -0.2) is 88.0 Å². The summed E-state index contributed by atoms with van der Waals surface area (Å²) in [4.78, 5) is 29.1. The number of esters is 1. The minimum atomic E-state index is -2.48. The molecule has 2 saturated heterocycles. The quantitative estimate of drug-likeness (QED) is 0.268. The van der Waals surface area contributed by atoms with Crippen molar-refractivity contribution in [1.29, 1.82) is 0 Å². The molecular formula is C25H33NO10. The third-order valence-electron chi connectivity index (χ3n) is 11.1. The molecule has 7 rings (SSSR count). The zero-order valence-corrected chi connectivity index (χ0v) is 20.6. The lowest BCUT2D eigenvalue weighted by Gasteiger charge is -2.59. The second kappa shape index (κ2) is 6.33. The number of carboxylic acid groups (broad SMARTS) is 1. The van der Waals surface area contributed by atoms with E-state index in [0.29, 0.717) is 0 Å². The fraction of sp³-hybridized carbons (Fsp3) is 0.760. The molecule has 0 amide bonds. The van der Waals surface area contributed by atoms with Gasteiger partial charge in [0, 0.05) is 12.6 Å². The summed E-state index contributed by atoms with van der Waals surface area (Å²) in [7, 11) is 0. The molecule has 0 aromatic carbocycles. The summed E-state index contributed by atoms with van der Waals surface area (Å²) in [6.07, 6.45) is -2.31. The predicted molar refractivity (Wildman–Crippen MR) is 119 cm³/mol. The van der Waals surface area contributed by atoms with Crippen molar-refractivity contribution in [1.82, 2.24) is 4.98 Å². The smallest absolute Gasteiger partial charge is 0.355 e. The summed E-state index contributed by atoms with van der Waals surface area (Å²) in [6, 6.07) is 3.01. The summed E-state index contributed by atoms with van der Waals surface area (Å²) in [5.41, 5.74) is -13.7. The molecule has 0 radical (unpaired) electrons. The van der Waals surface area contributed by atoms with Crippen LogP contribution in [0.15, 0.2) is 18.3 Å². The number of aromatic amines is 1. The van der Waals surface area contributed by atoms with Crippen LogP contribution >= 0.6 is 0 Å². The van der Waals surface area contributed by atoms with E-state index in [1.54, 1.807) is 26.8 Å².